The van der Waals surface area contributed by atoms with E-state index in [4.69, 9.17) is 4.42 Å². The van der Waals surface area contributed by atoms with Crippen molar-refractivity contribution >= 4 is 17.9 Å². The first kappa shape index (κ1) is 15.8. The summed E-state index contributed by atoms with van der Waals surface area (Å²) in [6.07, 6.45) is 7.06. The van der Waals surface area contributed by atoms with Gasteiger partial charge in [0, 0.05) is 45.3 Å². The van der Waals surface area contributed by atoms with Crippen molar-refractivity contribution in [1.82, 2.24) is 14.7 Å². The van der Waals surface area contributed by atoms with Gasteiger partial charge >= 0.3 is 0 Å². The maximum atomic E-state index is 12.1. The lowest BCUT2D eigenvalue weighted by Crippen LogP contribution is -2.51. The zero-order valence-electron chi connectivity index (χ0n) is 13.3. The fourth-order valence-electron chi connectivity index (χ4n) is 3.03. The lowest BCUT2D eigenvalue weighted by Gasteiger charge is -2.34. The molecule has 23 heavy (non-hydrogen) atoms. The standard InChI is InChI=1S/C17H23N3O3/c21-16(6-5-15-4-3-13-23-15)20-11-9-18(10-12-20)14-17(22)19-7-1-2-8-19/h3-6,13H,1-2,7-12,14H2/b6-5+. The molecule has 0 bridgehead atoms. The molecule has 6 heteroatoms. The topological polar surface area (TPSA) is 57.0 Å². The molecular formula is C17H23N3O3. The Bertz CT molecular complexity index is 554. The van der Waals surface area contributed by atoms with Crippen LogP contribution in [-0.2, 0) is 9.59 Å². The molecule has 0 N–H and O–H groups in total. The van der Waals surface area contributed by atoms with Crippen LogP contribution in [-0.4, -0.2) is 72.3 Å². The van der Waals surface area contributed by atoms with Gasteiger partial charge in [-0.2, -0.15) is 0 Å². The molecule has 2 saturated heterocycles. The van der Waals surface area contributed by atoms with E-state index in [1.807, 2.05) is 15.9 Å². The highest BCUT2D eigenvalue weighted by molar-refractivity contribution is 5.91. The fourth-order valence-corrected chi connectivity index (χ4v) is 3.03. The highest BCUT2D eigenvalue weighted by Gasteiger charge is 2.24. The summed E-state index contributed by atoms with van der Waals surface area (Å²) in [6, 6.07) is 3.60. The van der Waals surface area contributed by atoms with Crippen molar-refractivity contribution in [2.24, 2.45) is 0 Å². The van der Waals surface area contributed by atoms with Crippen molar-refractivity contribution < 1.29 is 14.0 Å². The van der Waals surface area contributed by atoms with Crippen molar-refractivity contribution in [3.05, 3.63) is 30.2 Å². The molecule has 2 aliphatic heterocycles. The molecule has 124 valence electrons. The molecule has 0 unspecified atom stereocenters. The van der Waals surface area contributed by atoms with Gasteiger partial charge in [-0.3, -0.25) is 14.5 Å². The molecule has 2 aliphatic rings. The van der Waals surface area contributed by atoms with Crippen LogP contribution >= 0.6 is 0 Å². The van der Waals surface area contributed by atoms with E-state index in [1.54, 1.807) is 24.5 Å². The molecule has 0 spiro atoms. The molecule has 2 amide bonds. The third-order valence-electron chi connectivity index (χ3n) is 4.43. The van der Waals surface area contributed by atoms with Gasteiger partial charge in [0.25, 0.3) is 0 Å². The third-order valence-corrected chi connectivity index (χ3v) is 4.43. The van der Waals surface area contributed by atoms with E-state index < -0.39 is 0 Å². The van der Waals surface area contributed by atoms with Gasteiger partial charge in [0.1, 0.15) is 5.76 Å². The molecule has 2 fully saturated rings. The number of piperazine rings is 1. The molecule has 1 aromatic heterocycles. The normalized spacial score (nSPS) is 19.7. The van der Waals surface area contributed by atoms with Crippen LogP contribution in [0.15, 0.2) is 28.9 Å². The van der Waals surface area contributed by atoms with E-state index in [0.29, 0.717) is 25.4 Å². The van der Waals surface area contributed by atoms with Gasteiger partial charge < -0.3 is 14.2 Å². The number of carbonyl (C=O) groups excluding carboxylic acids is 2. The first-order valence-corrected chi connectivity index (χ1v) is 8.23. The summed E-state index contributed by atoms with van der Waals surface area (Å²) in [7, 11) is 0. The summed E-state index contributed by atoms with van der Waals surface area (Å²) in [6.45, 7) is 5.09. The maximum Gasteiger partial charge on any atom is 0.246 e. The van der Waals surface area contributed by atoms with Crippen molar-refractivity contribution in [3.63, 3.8) is 0 Å². The third kappa shape index (κ3) is 4.22. The molecule has 0 saturated carbocycles. The first-order chi connectivity index (χ1) is 11.2. The highest BCUT2D eigenvalue weighted by atomic mass is 16.3. The van der Waals surface area contributed by atoms with Gasteiger partial charge in [-0.25, -0.2) is 0 Å². The van der Waals surface area contributed by atoms with Crippen molar-refractivity contribution in [1.29, 1.82) is 0 Å². The summed E-state index contributed by atoms with van der Waals surface area (Å²) < 4.78 is 5.17. The lowest BCUT2D eigenvalue weighted by atomic mass is 10.3. The Kier molecular flexibility index (Phi) is 5.12. The Balaban J connectivity index is 1.42. The second-order valence-electron chi connectivity index (χ2n) is 6.04. The van der Waals surface area contributed by atoms with Crippen LogP contribution in [0, 0.1) is 0 Å². The van der Waals surface area contributed by atoms with Crippen molar-refractivity contribution in [2.75, 3.05) is 45.8 Å². The van der Waals surface area contributed by atoms with Crippen LogP contribution in [0.1, 0.15) is 18.6 Å². The van der Waals surface area contributed by atoms with Gasteiger partial charge in [0.15, 0.2) is 0 Å². The maximum absolute atomic E-state index is 12.1. The van der Waals surface area contributed by atoms with Crippen LogP contribution < -0.4 is 0 Å². The number of hydrogen-bond acceptors (Lipinski definition) is 4. The molecule has 0 aliphatic carbocycles. The fraction of sp³-hybridized carbons (Fsp3) is 0.529. The summed E-state index contributed by atoms with van der Waals surface area (Å²) in [5.74, 6) is 0.889. The number of rotatable bonds is 4. The zero-order valence-corrected chi connectivity index (χ0v) is 13.3. The zero-order chi connectivity index (χ0) is 16.1. The largest absolute Gasteiger partial charge is 0.465 e. The van der Waals surface area contributed by atoms with Crippen molar-refractivity contribution in [2.45, 2.75) is 12.8 Å². The SMILES string of the molecule is O=C(/C=C/c1ccco1)N1CCN(CC(=O)N2CCCC2)CC1. The molecule has 0 aromatic carbocycles. The van der Waals surface area contributed by atoms with Crippen LogP contribution in [0.3, 0.4) is 0 Å². The number of nitrogens with zero attached hydrogens (tertiary/aromatic N) is 3. The predicted octanol–water partition coefficient (Wildman–Crippen LogP) is 1.06. The Hall–Kier alpha value is -2.08. The summed E-state index contributed by atoms with van der Waals surface area (Å²) in [5.41, 5.74) is 0. The van der Waals surface area contributed by atoms with E-state index in [-0.39, 0.29) is 11.8 Å². The first-order valence-electron chi connectivity index (χ1n) is 8.23. The number of furan rings is 1. The van der Waals surface area contributed by atoms with Gasteiger partial charge in [-0.15, -0.1) is 0 Å². The number of likely N-dealkylation sites (tertiary alicyclic amines) is 1. The van der Waals surface area contributed by atoms with Gasteiger partial charge in [0.05, 0.1) is 12.8 Å². The second-order valence-corrected chi connectivity index (χ2v) is 6.04. The Labute approximate surface area is 136 Å². The predicted molar refractivity (Wildman–Crippen MR) is 86.6 cm³/mol. The number of carbonyl (C=O) groups is 2. The number of hydrogen-bond donors (Lipinski definition) is 0. The Morgan fingerprint density at radius 2 is 1.78 bits per heavy atom. The summed E-state index contributed by atoms with van der Waals surface area (Å²) in [4.78, 5) is 30.2. The highest BCUT2D eigenvalue weighted by Crippen LogP contribution is 2.10. The quantitative estimate of drug-likeness (QED) is 0.779. The average Bonchev–Trinajstić information content (AvgIpc) is 3.26. The van der Waals surface area contributed by atoms with Crippen molar-refractivity contribution in [3.8, 4) is 0 Å². The number of amides is 2. The average molecular weight is 317 g/mol. The van der Waals surface area contributed by atoms with E-state index in [1.165, 1.54) is 0 Å². The molecule has 0 atom stereocenters. The molecule has 1 aromatic rings. The minimum Gasteiger partial charge on any atom is -0.465 e. The smallest absolute Gasteiger partial charge is 0.246 e. The van der Waals surface area contributed by atoms with E-state index in [9.17, 15) is 9.59 Å². The minimum absolute atomic E-state index is 0.00748. The van der Waals surface area contributed by atoms with Gasteiger partial charge in [0.2, 0.25) is 11.8 Å². The van der Waals surface area contributed by atoms with Gasteiger partial charge in [-0.1, -0.05) is 0 Å². The van der Waals surface area contributed by atoms with Crippen LogP contribution in [0.5, 0.6) is 0 Å². The molecule has 6 nitrogen and oxygen atoms in total. The van der Waals surface area contributed by atoms with Crippen LogP contribution in [0.4, 0.5) is 0 Å². The minimum atomic E-state index is -0.00748. The monoisotopic (exact) mass is 317 g/mol. The Morgan fingerprint density at radius 3 is 2.43 bits per heavy atom. The lowest BCUT2D eigenvalue weighted by molar-refractivity contribution is -0.132. The van der Waals surface area contributed by atoms with Gasteiger partial charge in [-0.05, 0) is 31.1 Å². The summed E-state index contributed by atoms with van der Waals surface area (Å²) >= 11 is 0. The van der Waals surface area contributed by atoms with Crippen LogP contribution in [0.2, 0.25) is 0 Å². The Morgan fingerprint density at radius 1 is 1.04 bits per heavy atom. The van der Waals surface area contributed by atoms with E-state index >= 15 is 0 Å². The van der Waals surface area contributed by atoms with Crippen LogP contribution in [0.25, 0.3) is 6.08 Å². The molecule has 3 heterocycles. The summed E-state index contributed by atoms with van der Waals surface area (Å²) in [5, 5.41) is 0. The molecule has 0 radical (unpaired) electrons. The molecule has 3 rings (SSSR count). The molecular weight excluding hydrogens is 294 g/mol. The second kappa shape index (κ2) is 7.46. The van der Waals surface area contributed by atoms with E-state index in [2.05, 4.69) is 4.90 Å². The van der Waals surface area contributed by atoms with E-state index in [0.717, 1.165) is 39.0 Å².